The molecule has 12 aliphatic heterocycles. The van der Waals surface area contributed by atoms with Crippen LogP contribution in [0.15, 0.2) is 0 Å². The Bertz CT molecular complexity index is 915. The first-order valence-corrected chi connectivity index (χ1v) is 28.4. The fraction of sp³-hybridized carbons (Fsp3) is 0.913. The van der Waals surface area contributed by atoms with Crippen molar-refractivity contribution in [2.45, 2.75) is 57.8 Å². The molecule has 12 heterocycles. The Morgan fingerprint density at radius 2 is 0.771 bits per heavy atom. The smallest absolute Gasteiger partial charge is 0.321 e. The van der Waals surface area contributed by atoms with E-state index in [-0.39, 0.29) is 11.9 Å². The van der Waals surface area contributed by atoms with Gasteiger partial charge in [0.1, 0.15) is 25.0 Å². The molecule has 70 heavy (non-hydrogen) atoms. The van der Waals surface area contributed by atoms with Crippen molar-refractivity contribution < 1.29 is 38.1 Å². The lowest BCUT2D eigenvalue weighted by Gasteiger charge is -2.11. The van der Waals surface area contributed by atoms with Crippen LogP contribution in [0.25, 0.3) is 0 Å². The first kappa shape index (κ1) is 66.4. The molecule has 0 aliphatic carbocycles. The predicted molar refractivity (Wildman–Crippen MR) is 286 cm³/mol. The van der Waals surface area contributed by atoms with Crippen molar-refractivity contribution in [2.24, 2.45) is 0 Å². The van der Waals surface area contributed by atoms with Gasteiger partial charge in [-0.2, -0.15) is 11.8 Å². The number of thioether (sulfide) groups is 2. The molecule has 0 radical (unpaired) electrons. The molecular weight excluding hydrogens is 941 g/mol. The van der Waals surface area contributed by atoms with Crippen LogP contribution in [-0.2, 0) is 38.1 Å². The van der Waals surface area contributed by atoms with Crippen molar-refractivity contribution in [2.75, 3.05) is 214 Å². The van der Waals surface area contributed by atoms with Gasteiger partial charge in [-0.15, -0.1) is 11.8 Å². The van der Waals surface area contributed by atoms with Crippen LogP contribution in [0.2, 0.25) is 0 Å². The van der Waals surface area contributed by atoms with Crippen LogP contribution in [-0.4, -0.2) is 237 Å². The zero-order chi connectivity index (χ0) is 50.2. The number of morpholine rings is 1. The fourth-order valence-corrected chi connectivity index (χ4v) is 7.78. The number of rotatable bonds is 0. The van der Waals surface area contributed by atoms with Gasteiger partial charge in [-0.1, -0.05) is 6.42 Å². The molecule has 0 amide bonds. The largest absolute Gasteiger partial charge is 0.450 e. The maximum atomic E-state index is 10.4. The number of piperazine rings is 1. The highest BCUT2D eigenvalue weighted by Crippen LogP contribution is 2.00. The quantitative estimate of drug-likeness (QED) is 0.110. The number of Topliss-reactive ketones (excluding diaryl/α,β-unsaturated/α-hetero) is 2. The number of esters is 2. The van der Waals surface area contributed by atoms with Crippen molar-refractivity contribution >= 4 is 47.0 Å². The van der Waals surface area contributed by atoms with E-state index < -0.39 is 0 Å². The summed E-state index contributed by atoms with van der Waals surface area (Å²) in [5.74, 6) is 5.57. The monoisotopic (exact) mass is 1040 g/mol. The number of carbonyl (C=O) groups is 4. The molecular formula is C46H98N14O8S2. The van der Waals surface area contributed by atoms with E-state index in [0.717, 1.165) is 138 Å². The van der Waals surface area contributed by atoms with E-state index in [1.54, 1.807) is 0 Å². The minimum absolute atomic E-state index is 0.0984. The van der Waals surface area contributed by atoms with Crippen molar-refractivity contribution in [3.8, 4) is 0 Å². The maximum Gasteiger partial charge on any atom is 0.321 e. The molecule has 0 aromatic carbocycles. The van der Waals surface area contributed by atoms with Gasteiger partial charge in [-0.25, -0.2) is 0 Å². The number of nitrogens with one attached hydrogen (secondary N) is 14. The molecule has 412 valence electrons. The van der Waals surface area contributed by atoms with Crippen LogP contribution < -0.4 is 74.4 Å². The van der Waals surface area contributed by atoms with Gasteiger partial charge in [0, 0.05) is 154 Å². The Morgan fingerprint density at radius 3 is 0.971 bits per heavy atom. The highest BCUT2D eigenvalue weighted by molar-refractivity contribution is 7.99. The van der Waals surface area contributed by atoms with E-state index in [4.69, 9.17) is 9.47 Å². The average Bonchev–Trinajstić information content (AvgIpc) is 4.30. The van der Waals surface area contributed by atoms with Gasteiger partial charge in [-0.05, 0) is 51.9 Å². The van der Waals surface area contributed by atoms with Crippen molar-refractivity contribution in [3.63, 3.8) is 0 Å². The summed E-state index contributed by atoms with van der Waals surface area (Å²) in [5, 5.41) is 43.4. The van der Waals surface area contributed by atoms with E-state index in [9.17, 15) is 19.2 Å². The van der Waals surface area contributed by atoms with E-state index in [2.05, 4.69) is 83.9 Å². The molecule has 24 heteroatoms. The van der Waals surface area contributed by atoms with Crippen molar-refractivity contribution in [1.29, 1.82) is 0 Å². The van der Waals surface area contributed by atoms with Crippen LogP contribution in [0.1, 0.15) is 57.8 Å². The number of hydrogen-bond donors (Lipinski definition) is 14. The molecule has 0 spiro atoms. The van der Waals surface area contributed by atoms with Crippen LogP contribution in [0.3, 0.4) is 0 Å². The van der Waals surface area contributed by atoms with Crippen molar-refractivity contribution in [1.82, 2.24) is 74.4 Å². The molecule has 22 nitrogen and oxygen atoms in total. The summed E-state index contributed by atoms with van der Waals surface area (Å²) in [6.45, 7) is 28.1. The summed E-state index contributed by atoms with van der Waals surface area (Å²) in [4.78, 5) is 40.8. The summed E-state index contributed by atoms with van der Waals surface area (Å²) in [5.41, 5.74) is 0. The highest BCUT2D eigenvalue weighted by Gasteiger charge is 2.08. The molecule has 12 rings (SSSR count). The molecule has 0 unspecified atom stereocenters. The molecule has 12 saturated heterocycles. The van der Waals surface area contributed by atoms with Gasteiger partial charge < -0.3 is 77.4 Å². The molecule has 0 atom stereocenters. The number of hydrogen-bond acceptors (Lipinski definition) is 24. The van der Waals surface area contributed by atoms with Crippen molar-refractivity contribution in [3.05, 3.63) is 0 Å². The Labute approximate surface area is 429 Å². The van der Waals surface area contributed by atoms with Gasteiger partial charge in [0.2, 0.25) is 0 Å². The minimum Gasteiger partial charge on any atom is -0.450 e. The zero-order valence-electron chi connectivity index (χ0n) is 42.8. The summed E-state index contributed by atoms with van der Waals surface area (Å²) < 4.78 is 18.8. The molecule has 0 aromatic rings. The van der Waals surface area contributed by atoms with Crippen LogP contribution >= 0.6 is 23.5 Å². The molecule has 12 fully saturated rings. The predicted octanol–water partition coefficient (Wildman–Crippen LogP) is -2.72. The lowest BCUT2D eigenvalue weighted by Crippen LogP contribution is -2.39. The second-order valence-electron chi connectivity index (χ2n) is 16.5. The molecule has 0 bridgehead atoms. The topological polar surface area (TPSA) is 274 Å². The third kappa shape index (κ3) is 54.1. The number of ether oxygens (including phenoxy) is 4. The molecule has 14 N–H and O–H groups in total. The van der Waals surface area contributed by atoms with E-state index >= 15 is 0 Å². The number of ketones is 2. The number of carbonyl (C=O) groups excluding carboxylic acids is 4. The normalized spacial score (nSPS) is 23.2. The standard InChI is InChI=1S/C5H9NO.C5H11N.C4H10N2.C4H7NO2.C4H9NO.C4H7NO.C4H9NS.C4H9N.C3H8N2.C3H5NO2.C3H7NO.C3H7NS/c7-5-1-3-6-4-2-5;1-2-4-6-5-3-1;1-2-6-4-3-5-1;6-4-1-2-5-3-7-4;1-3-6-4-2-5-1;6-4-1-2-5-3-4;1-3-6-4-2-5-1;1-2-4-5-3-1;1-2-5-3-4-1;5-3-1-4-2-6-3;2*1-2-5-3-4-1/h6H,1-4H2;6H,1-5H2;5-6H,1-4H2;5H,1-3H2;5H,1-4H2;5H,1-3H2;5H,1-4H2;5H,1-4H2;4-5H,1-3H2;4H,1-2H2;2*4H,1-3H2. The maximum absolute atomic E-state index is 10.4. The lowest BCUT2D eigenvalue weighted by atomic mass is 10.1. The van der Waals surface area contributed by atoms with Gasteiger partial charge >= 0.3 is 11.9 Å². The first-order valence-electron chi connectivity index (χ1n) is 26.1. The summed E-state index contributed by atoms with van der Waals surface area (Å²) in [6.07, 6.45) is 9.72. The Hall–Kier alpha value is -1.66. The summed E-state index contributed by atoms with van der Waals surface area (Å²) in [7, 11) is 0. The third-order valence-electron chi connectivity index (χ3n) is 10.3. The van der Waals surface area contributed by atoms with Crippen LogP contribution in [0.4, 0.5) is 0 Å². The third-order valence-corrected chi connectivity index (χ3v) is 12.2. The second-order valence-corrected chi connectivity index (χ2v) is 18.9. The molecule has 12 aliphatic rings. The summed E-state index contributed by atoms with van der Waals surface area (Å²) >= 11 is 4.00. The van der Waals surface area contributed by atoms with Gasteiger partial charge in [0.15, 0.2) is 0 Å². The number of piperidine rings is 2. The summed E-state index contributed by atoms with van der Waals surface area (Å²) in [6, 6.07) is 0. The molecule has 0 aromatic heterocycles. The van der Waals surface area contributed by atoms with Gasteiger partial charge in [0.05, 0.1) is 46.1 Å². The zero-order valence-corrected chi connectivity index (χ0v) is 44.4. The molecule has 0 saturated carbocycles. The fourth-order valence-electron chi connectivity index (χ4n) is 6.28. The van der Waals surface area contributed by atoms with E-state index in [1.807, 2.05) is 23.5 Å². The Kier molecular flexibility index (Phi) is 53.7. The Morgan fingerprint density at radius 1 is 0.314 bits per heavy atom. The first-order chi connectivity index (χ1) is 34.6. The lowest BCUT2D eigenvalue weighted by molar-refractivity contribution is -0.147. The average molecular weight is 1040 g/mol. The van der Waals surface area contributed by atoms with Gasteiger partial charge in [0.25, 0.3) is 0 Å². The minimum atomic E-state index is -0.157. The van der Waals surface area contributed by atoms with Crippen LogP contribution in [0.5, 0.6) is 0 Å². The van der Waals surface area contributed by atoms with E-state index in [0.29, 0.717) is 44.5 Å². The Balaban J connectivity index is 0.000000382. The SMILES string of the molecule is C1CCNC1.C1CCNCC1.C1CNCCN1.C1CNCN1.C1COCCN1.C1COCN1.C1CSCCN1.C1CSCN1.O=C1CCNC1.O=C1CCNCC1.O=C1CCNCO1.O=C1CNCO1. The van der Waals surface area contributed by atoms with Gasteiger partial charge in [-0.3, -0.25) is 35.1 Å². The second kappa shape index (κ2) is 56.6. The van der Waals surface area contributed by atoms with Crippen LogP contribution in [0, 0.1) is 0 Å². The van der Waals surface area contributed by atoms with E-state index in [1.165, 1.54) is 101 Å². The highest BCUT2D eigenvalue weighted by atomic mass is 32.2. The number of cyclic esters (lactones) is 2.